The van der Waals surface area contributed by atoms with Crippen LogP contribution in [-0.4, -0.2) is 27.2 Å². The number of aromatic nitrogens is 2. The number of nitrogens with zero attached hydrogens (tertiary/aromatic N) is 2. The van der Waals surface area contributed by atoms with E-state index in [2.05, 4.69) is 10.3 Å². The van der Waals surface area contributed by atoms with Gasteiger partial charge in [0.25, 0.3) is 5.56 Å². The predicted molar refractivity (Wildman–Crippen MR) is 80.5 cm³/mol. The van der Waals surface area contributed by atoms with Gasteiger partial charge in [0.2, 0.25) is 0 Å². The van der Waals surface area contributed by atoms with Gasteiger partial charge in [0.05, 0.1) is 5.92 Å². The lowest BCUT2D eigenvalue weighted by Crippen LogP contribution is -2.30. The minimum atomic E-state index is -0.851. The molecule has 1 aromatic rings. The molecule has 0 bridgehead atoms. The second kappa shape index (κ2) is 5.87. The van der Waals surface area contributed by atoms with Crippen LogP contribution in [0.1, 0.15) is 46.1 Å². The SMILES string of the molecule is CC(C)(C)CC(CNc1nccn(C2CC2)c1=O)C(=O)O. The summed E-state index contributed by atoms with van der Waals surface area (Å²) in [6.07, 6.45) is 5.85. The molecule has 2 N–H and O–H groups in total. The molecule has 1 aliphatic carbocycles. The second-order valence-electron chi connectivity index (χ2n) is 6.90. The number of aliphatic carboxylic acids is 1. The second-order valence-corrected chi connectivity index (χ2v) is 6.90. The molecule has 1 fully saturated rings. The summed E-state index contributed by atoms with van der Waals surface area (Å²) >= 11 is 0. The monoisotopic (exact) mass is 293 g/mol. The van der Waals surface area contributed by atoms with Gasteiger partial charge in [0, 0.05) is 25.0 Å². The minimum absolute atomic E-state index is 0.0803. The summed E-state index contributed by atoms with van der Waals surface area (Å²) in [4.78, 5) is 27.6. The number of carboxylic acids is 1. The van der Waals surface area contributed by atoms with Crippen molar-refractivity contribution in [3.63, 3.8) is 0 Å². The van der Waals surface area contributed by atoms with Crippen LogP contribution < -0.4 is 10.9 Å². The Morgan fingerprint density at radius 1 is 1.52 bits per heavy atom. The Hall–Kier alpha value is -1.85. The van der Waals surface area contributed by atoms with Gasteiger partial charge in [0.15, 0.2) is 5.82 Å². The van der Waals surface area contributed by atoms with Gasteiger partial charge in [-0.2, -0.15) is 0 Å². The zero-order valence-corrected chi connectivity index (χ0v) is 12.8. The highest BCUT2D eigenvalue weighted by atomic mass is 16.4. The molecule has 1 heterocycles. The molecule has 21 heavy (non-hydrogen) atoms. The minimum Gasteiger partial charge on any atom is -0.481 e. The number of carboxylic acid groups (broad SMARTS) is 1. The summed E-state index contributed by atoms with van der Waals surface area (Å²) in [5, 5.41) is 12.2. The standard InChI is InChI=1S/C15H23N3O3/c1-15(2,3)8-10(14(20)21)9-17-12-13(19)18(7-6-16-12)11-4-5-11/h6-7,10-11H,4-5,8-9H2,1-3H3,(H,16,17)(H,20,21). The first kappa shape index (κ1) is 15.5. The fourth-order valence-corrected chi connectivity index (χ4v) is 2.39. The van der Waals surface area contributed by atoms with Crippen molar-refractivity contribution >= 4 is 11.8 Å². The maximum absolute atomic E-state index is 12.2. The topological polar surface area (TPSA) is 84.2 Å². The Kier molecular flexibility index (Phi) is 4.34. The summed E-state index contributed by atoms with van der Waals surface area (Å²) in [6, 6.07) is 0.283. The quantitative estimate of drug-likeness (QED) is 0.839. The van der Waals surface area contributed by atoms with Crippen molar-refractivity contribution in [1.82, 2.24) is 9.55 Å². The summed E-state index contributed by atoms with van der Waals surface area (Å²) in [6.45, 7) is 6.22. The molecule has 0 amide bonds. The van der Waals surface area contributed by atoms with Crippen LogP contribution in [0, 0.1) is 11.3 Å². The molecule has 0 spiro atoms. The van der Waals surface area contributed by atoms with E-state index in [1.54, 1.807) is 17.0 Å². The van der Waals surface area contributed by atoms with E-state index in [1.165, 1.54) is 0 Å². The van der Waals surface area contributed by atoms with Crippen LogP contribution >= 0.6 is 0 Å². The molecule has 1 aromatic heterocycles. The molecule has 0 saturated heterocycles. The molecule has 2 rings (SSSR count). The molecular weight excluding hydrogens is 270 g/mol. The van der Waals surface area contributed by atoms with Gasteiger partial charge in [-0.25, -0.2) is 4.98 Å². The van der Waals surface area contributed by atoms with Gasteiger partial charge in [-0.15, -0.1) is 0 Å². The summed E-state index contributed by atoms with van der Waals surface area (Å²) in [5.74, 6) is -1.15. The highest BCUT2D eigenvalue weighted by Crippen LogP contribution is 2.33. The maximum Gasteiger partial charge on any atom is 0.308 e. The lowest BCUT2D eigenvalue weighted by Gasteiger charge is -2.23. The average molecular weight is 293 g/mol. The number of rotatable bonds is 6. The van der Waals surface area contributed by atoms with Crippen molar-refractivity contribution in [1.29, 1.82) is 0 Å². The number of anilines is 1. The van der Waals surface area contributed by atoms with E-state index in [4.69, 9.17) is 0 Å². The van der Waals surface area contributed by atoms with Crippen molar-refractivity contribution in [2.45, 2.75) is 46.1 Å². The zero-order valence-electron chi connectivity index (χ0n) is 12.8. The normalized spacial score (nSPS) is 16.5. The van der Waals surface area contributed by atoms with Crippen LogP contribution in [0.3, 0.4) is 0 Å². The van der Waals surface area contributed by atoms with Crippen LogP contribution in [0.4, 0.5) is 5.82 Å². The molecule has 0 aromatic carbocycles. The van der Waals surface area contributed by atoms with Crippen LogP contribution in [0.25, 0.3) is 0 Å². The van der Waals surface area contributed by atoms with Crippen molar-refractivity contribution in [3.8, 4) is 0 Å². The highest BCUT2D eigenvalue weighted by Gasteiger charge is 2.27. The van der Waals surface area contributed by atoms with Gasteiger partial charge >= 0.3 is 5.97 Å². The van der Waals surface area contributed by atoms with Gasteiger partial charge in [-0.05, 0) is 24.7 Å². The maximum atomic E-state index is 12.2. The average Bonchev–Trinajstić information content (AvgIpc) is 3.18. The third-order valence-corrected chi connectivity index (χ3v) is 3.53. The van der Waals surface area contributed by atoms with Gasteiger partial charge in [-0.1, -0.05) is 20.8 Å². The predicted octanol–water partition coefficient (Wildman–Crippen LogP) is 2.13. The molecule has 0 aliphatic heterocycles. The molecule has 1 saturated carbocycles. The van der Waals surface area contributed by atoms with E-state index in [9.17, 15) is 14.7 Å². The van der Waals surface area contributed by atoms with E-state index in [1.807, 2.05) is 20.8 Å². The first-order valence-corrected chi connectivity index (χ1v) is 7.32. The van der Waals surface area contributed by atoms with E-state index >= 15 is 0 Å². The third kappa shape index (κ3) is 4.31. The summed E-state index contributed by atoms with van der Waals surface area (Å²) in [5.41, 5.74) is -0.247. The molecule has 0 radical (unpaired) electrons. The Bertz CT molecular complexity index is 570. The Morgan fingerprint density at radius 3 is 2.71 bits per heavy atom. The first-order valence-electron chi connectivity index (χ1n) is 7.32. The highest BCUT2D eigenvalue weighted by molar-refractivity contribution is 5.70. The molecule has 6 heteroatoms. The number of hydrogen-bond acceptors (Lipinski definition) is 4. The van der Waals surface area contributed by atoms with E-state index in [0.29, 0.717) is 6.42 Å². The zero-order chi connectivity index (χ0) is 15.6. The van der Waals surface area contributed by atoms with E-state index < -0.39 is 11.9 Å². The number of carbonyl (C=O) groups is 1. The van der Waals surface area contributed by atoms with E-state index in [-0.39, 0.29) is 29.4 Å². The van der Waals surface area contributed by atoms with Crippen molar-refractivity contribution in [2.24, 2.45) is 11.3 Å². The summed E-state index contributed by atoms with van der Waals surface area (Å²) in [7, 11) is 0. The van der Waals surface area contributed by atoms with Crippen LogP contribution in [-0.2, 0) is 4.79 Å². The van der Waals surface area contributed by atoms with Crippen molar-refractivity contribution in [3.05, 3.63) is 22.7 Å². The van der Waals surface area contributed by atoms with Crippen LogP contribution in [0.5, 0.6) is 0 Å². The van der Waals surface area contributed by atoms with E-state index in [0.717, 1.165) is 12.8 Å². The summed E-state index contributed by atoms with van der Waals surface area (Å²) < 4.78 is 1.68. The molecule has 6 nitrogen and oxygen atoms in total. The fraction of sp³-hybridized carbons (Fsp3) is 0.667. The largest absolute Gasteiger partial charge is 0.481 e. The molecule has 1 atom stereocenters. The van der Waals surface area contributed by atoms with Crippen LogP contribution in [0.15, 0.2) is 17.2 Å². The van der Waals surface area contributed by atoms with Crippen LogP contribution in [0.2, 0.25) is 0 Å². The Balaban J connectivity index is 2.05. The number of hydrogen-bond donors (Lipinski definition) is 2. The fourth-order valence-electron chi connectivity index (χ4n) is 2.39. The van der Waals surface area contributed by atoms with Crippen molar-refractivity contribution in [2.75, 3.05) is 11.9 Å². The van der Waals surface area contributed by atoms with Gasteiger partial charge < -0.3 is 15.0 Å². The first-order chi connectivity index (χ1) is 9.78. The molecule has 1 aliphatic rings. The lowest BCUT2D eigenvalue weighted by molar-refractivity contribution is -0.142. The van der Waals surface area contributed by atoms with Gasteiger partial charge in [-0.3, -0.25) is 9.59 Å². The molecule has 1 unspecified atom stereocenters. The van der Waals surface area contributed by atoms with Gasteiger partial charge in [0.1, 0.15) is 0 Å². The Morgan fingerprint density at radius 2 is 2.19 bits per heavy atom. The third-order valence-electron chi connectivity index (χ3n) is 3.53. The van der Waals surface area contributed by atoms with Crippen molar-refractivity contribution < 1.29 is 9.90 Å². The Labute approximate surface area is 124 Å². The molecule has 116 valence electrons. The lowest BCUT2D eigenvalue weighted by atomic mass is 9.84. The number of nitrogens with one attached hydrogen (secondary N) is 1. The smallest absolute Gasteiger partial charge is 0.308 e. The molecular formula is C15H23N3O3.